The van der Waals surface area contributed by atoms with Gasteiger partial charge in [-0.15, -0.1) is 0 Å². The van der Waals surface area contributed by atoms with Gasteiger partial charge < -0.3 is 20.4 Å². The number of carboxylic acid groups (broad SMARTS) is 2. The molecule has 0 aliphatic carbocycles. The molecule has 0 amide bonds. The number of carboxylic acids is 2. The fourth-order valence-corrected chi connectivity index (χ4v) is 1.67. The van der Waals surface area contributed by atoms with Crippen LogP contribution in [0.25, 0.3) is 0 Å². The number of hydrogen-bond donors (Lipinski definition) is 3. The molecule has 0 aromatic rings. The lowest BCUT2D eigenvalue weighted by Gasteiger charge is -2.30. The molecule has 0 spiro atoms. The molecule has 0 unspecified atom stereocenters. The van der Waals surface area contributed by atoms with E-state index in [2.05, 4.69) is 17.3 Å². The first-order valence-corrected chi connectivity index (χ1v) is 5.77. The quantitative estimate of drug-likeness (QED) is 0.565. The lowest BCUT2D eigenvalue weighted by Crippen LogP contribution is -2.51. The van der Waals surface area contributed by atoms with Gasteiger partial charge in [-0.1, -0.05) is 0 Å². The molecule has 130 valence electrons. The van der Waals surface area contributed by atoms with Crippen LogP contribution < -0.4 is 5.32 Å². The van der Waals surface area contributed by atoms with E-state index >= 15 is 0 Å². The smallest absolute Gasteiger partial charge is 0.475 e. The summed E-state index contributed by atoms with van der Waals surface area (Å²) in [6.45, 7) is 3.84. The lowest BCUT2D eigenvalue weighted by molar-refractivity contribution is -0.193. The number of hydrogen-bond acceptors (Lipinski definition) is 4. The number of halogens is 6. The van der Waals surface area contributed by atoms with Crippen molar-refractivity contribution in [1.29, 1.82) is 0 Å². The Morgan fingerprint density at radius 2 is 1.36 bits per heavy atom. The number of aliphatic carboxylic acids is 2. The van der Waals surface area contributed by atoms with E-state index in [0.29, 0.717) is 0 Å². The van der Waals surface area contributed by atoms with E-state index < -0.39 is 24.3 Å². The van der Waals surface area contributed by atoms with Crippen LogP contribution in [0.3, 0.4) is 0 Å². The van der Waals surface area contributed by atoms with Gasteiger partial charge in [0.2, 0.25) is 0 Å². The summed E-state index contributed by atoms with van der Waals surface area (Å²) in [4.78, 5) is 20.2. The molecule has 2 heterocycles. The second-order valence-electron chi connectivity index (χ2n) is 4.60. The summed E-state index contributed by atoms with van der Waals surface area (Å²) in [5, 5.41) is 17.6. The number of fused-ring (bicyclic) bond motifs is 1. The fraction of sp³-hybridized carbons (Fsp3) is 0.800. The number of nitrogens with one attached hydrogen (secondary N) is 1. The Hall–Kier alpha value is -1.56. The average Bonchev–Trinajstić information content (AvgIpc) is 2.54. The second kappa shape index (κ2) is 7.63. The summed E-state index contributed by atoms with van der Waals surface area (Å²) >= 11 is 0. The van der Waals surface area contributed by atoms with Crippen LogP contribution in [0, 0.1) is 5.92 Å². The Labute approximate surface area is 120 Å². The van der Waals surface area contributed by atoms with E-state index in [1.54, 1.807) is 0 Å². The number of likely N-dealkylation sites (N-methyl/N-ethyl adjacent to an activating group) is 1. The van der Waals surface area contributed by atoms with Crippen molar-refractivity contribution < 1.29 is 46.1 Å². The summed E-state index contributed by atoms with van der Waals surface area (Å²) in [7, 11) is 2.19. The van der Waals surface area contributed by atoms with Crippen LogP contribution in [0.15, 0.2) is 0 Å². The van der Waals surface area contributed by atoms with Crippen LogP contribution in [-0.4, -0.2) is 72.1 Å². The van der Waals surface area contributed by atoms with Gasteiger partial charge in [0.1, 0.15) is 0 Å². The first-order valence-electron chi connectivity index (χ1n) is 5.77. The van der Waals surface area contributed by atoms with Crippen LogP contribution in [0.4, 0.5) is 26.3 Å². The highest BCUT2D eigenvalue weighted by Gasteiger charge is 2.39. The van der Waals surface area contributed by atoms with Gasteiger partial charge in [0.05, 0.1) is 0 Å². The van der Waals surface area contributed by atoms with Crippen molar-refractivity contribution in [2.75, 3.05) is 26.7 Å². The number of nitrogens with zero attached hydrogens (tertiary/aromatic N) is 1. The molecule has 0 radical (unpaired) electrons. The fourth-order valence-electron chi connectivity index (χ4n) is 1.67. The molecule has 0 aromatic carbocycles. The first kappa shape index (κ1) is 20.4. The third kappa shape index (κ3) is 7.45. The highest BCUT2D eigenvalue weighted by Crippen LogP contribution is 2.21. The minimum Gasteiger partial charge on any atom is -0.475 e. The van der Waals surface area contributed by atoms with E-state index in [0.717, 1.165) is 12.0 Å². The highest BCUT2D eigenvalue weighted by molar-refractivity contribution is 5.73. The Kier molecular flexibility index (Phi) is 7.09. The van der Waals surface area contributed by atoms with Crippen LogP contribution in [-0.2, 0) is 9.59 Å². The Morgan fingerprint density at radius 3 is 1.45 bits per heavy atom. The van der Waals surface area contributed by atoms with Gasteiger partial charge in [0.25, 0.3) is 0 Å². The van der Waals surface area contributed by atoms with Crippen molar-refractivity contribution in [3.05, 3.63) is 0 Å². The van der Waals surface area contributed by atoms with Crippen molar-refractivity contribution in [2.24, 2.45) is 5.92 Å². The van der Waals surface area contributed by atoms with E-state index in [1.807, 2.05) is 0 Å². The summed E-state index contributed by atoms with van der Waals surface area (Å²) in [6.07, 6.45) is -10.2. The van der Waals surface area contributed by atoms with Gasteiger partial charge in [-0.2, -0.15) is 26.3 Å². The third-order valence-electron chi connectivity index (χ3n) is 2.75. The van der Waals surface area contributed by atoms with Crippen molar-refractivity contribution in [3.8, 4) is 0 Å². The molecular weight excluding hydrogens is 326 g/mol. The molecule has 2 atom stereocenters. The normalized spacial score (nSPS) is 24.0. The van der Waals surface area contributed by atoms with E-state index in [4.69, 9.17) is 19.8 Å². The number of likely N-dealkylation sites (tertiary alicyclic amines) is 1. The average molecular weight is 340 g/mol. The number of alkyl halides is 6. The van der Waals surface area contributed by atoms with E-state index in [1.165, 1.54) is 19.6 Å². The molecule has 2 aliphatic rings. The zero-order valence-corrected chi connectivity index (χ0v) is 11.2. The number of rotatable bonds is 0. The predicted octanol–water partition coefficient (Wildman–Crippen LogP) is 0.786. The van der Waals surface area contributed by atoms with Gasteiger partial charge in [-0.05, 0) is 7.05 Å². The molecule has 12 heteroatoms. The predicted molar refractivity (Wildman–Crippen MR) is 60.2 cm³/mol. The minimum absolute atomic E-state index is 0.847. The van der Waals surface area contributed by atoms with Gasteiger partial charge in [-0.25, -0.2) is 9.59 Å². The molecule has 2 fully saturated rings. The second-order valence-corrected chi connectivity index (χ2v) is 4.60. The highest BCUT2D eigenvalue weighted by atomic mass is 19.4. The Bertz CT molecular complexity index is 362. The standard InChI is InChI=1S/C6H12N2.2C2HF3O2/c1-8-3-5-2-7-6(5)4-8;2*3-2(4,5)1(6)7/h5-7H,2-4H2,1H3;2*(H,6,7)/t5-,6+;;/m0../s1. The summed E-state index contributed by atoms with van der Waals surface area (Å²) in [6, 6.07) is 0.847. The summed E-state index contributed by atoms with van der Waals surface area (Å²) < 4.78 is 63.5. The van der Waals surface area contributed by atoms with Crippen molar-refractivity contribution in [1.82, 2.24) is 10.2 Å². The maximum atomic E-state index is 10.6. The summed E-state index contributed by atoms with van der Waals surface area (Å²) in [5.41, 5.74) is 0. The molecule has 0 aromatic heterocycles. The molecule has 2 aliphatic heterocycles. The van der Waals surface area contributed by atoms with Gasteiger partial charge in [-0.3, -0.25) is 0 Å². The Morgan fingerprint density at radius 1 is 1.00 bits per heavy atom. The molecule has 0 saturated carbocycles. The van der Waals surface area contributed by atoms with Gasteiger partial charge >= 0.3 is 24.3 Å². The molecular formula is C10H14F6N2O4. The van der Waals surface area contributed by atoms with E-state index in [9.17, 15) is 26.3 Å². The molecule has 22 heavy (non-hydrogen) atoms. The topological polar surface area (TPSA) is 89.9 Å². The zero-order valence-electron chi connectivity index (χ0n) is 11.2. The largest absolute Gasteiger partial charge is 0.490 e. The molecule has 6 nitrogen and oxygen atoms in total. The lowest BCUT2D eigenvalue weighted by atomic mass is 9.96. The van der Waals surface area contributed by atoms with Gasteiger partial charge in [0.15, 0.2) is 0 Å². The zero-order chi connectivity index (χ0) is 17.7. The van der Waals surface area contributed by atoms with Crippen molar-refractivity contribution in [3.63, 3.8) is 0 Å². The maximum absolute atomic E-state index is 10.6. The minimum atomic E-state index is -5.08. The number of carbonyl (C=O) groups is 2. The summed E-state index contributed by atoms with van der Waals surface area (Å²) in [5.74, 6) is -4.53. The first-order chi connectivity index (χ1) is 9.75. The molecule has 2 rings (SSSR count). The monoisotopic (exact) mass is 340 g/mol. The molecule has 0 bridgehead atoms. The molecule has 3 N–H and O–H groups in total. The SMILES string of the molecule is CN1C[C@@H]2CN[C@@H]2C1.O=C(O)C(F)(F)F.O=C(O)C(F)(F)F. The maximum Gasteiger partial charge on any atom is 0.490 e. The van der Waals surface area contributed by atoms with Crippen LogP contribution in [0.2, 0.25) is 0 Å². The third-order valence-corrected chi connectivity index (χ3v) is 2.75. The van der Waals surface area contributed by atoms with Crippen LogP contribution in [0.5, 0.6) is 0 Å². The van der Waals surface area contributed by atoms with E-state index in [-0.39, 0.29) is 0 Å². The molecule has 2 saturated heterocycles. The van der Waals surface area contributed by atoms with Crippen molar-refractivity contribution in [2.45, 2.75) is 18.4 Å². The Balaban J connectivity index is 0.000000303. The van der Waals surface area contributed by atoms with Crippen molar-refractivity contribution >= 4 is 11.9 Å². The van der Waals surface area contributed by atoms with Crippen LogP contribution >= 0.6 is 0 Å². The van der Waals surface area contributed by atoms with Crippen LogP contribution in [0.1, 0.15) is 0 Å². The van der Waals surface area contributed by atoms with Gasteiger partial charge in [0, 0.05) is 31.6 Å².